The molecule has 0 spiro atoms. The molecule has 4 rings (SSSR count). The number of carbonyl (C=O) groups is 2. The third-order valence-electron chi connectivity index (χ3n) is 4.65. The zero-order chi connectivity index (χ0) is 17.6. The fraction of sp³-hybridized carbons (Fsp3) is 0.211. The second kappa shape index (κ2) is 5.73. The second-order valence-corrected chi connectivity index (χ2v) is 6.20. The van der Waals surface area contributed by atoms with E-state index >= 15 is 0 Å². The molecule has 6 nitrogen and oxygen atoms in total. The number of pyridine rings is 1. The Hall–Kier alpha value is -3.15. The minimum atomic E-state index is -0.625. The van der Waals surface area contributed by atoms with E-state index in [9.17, 15) is 9.59 Å². The molecule has 1 aromatic carbocycles. The standard InChI is InChI=1S/C19H17N3O3/c1-11-17(22-9-5-4-8-15(22)21-11)19(24)25-14-10-12-6-2-3-7-13(12)16(14)18(20)23/h2-9,14,16H,10H2,1H3,(H2,20,23). The number of nitrogens with zero attached hydrogens (tertiary/aromatic N) is 2. The van der Waals surface area contributed by atoms with E-state index < -0.39 is 23.9 Å². The minimum absolute atomic E-state index is 0.370. The van der Waals surface area contributed by atoms with E-state index in [4.69, 9.17) is 10.5 Å². The Kier molecular flexibility index (Phi) is 3.53. The third kappa shape index (κ3) is 2.46. The first-order valence-corrected chi connectivity index (χ1v) is 8.08. The summed E-state index contributed by atoms with van der Waals surface area (Å²) >= 11 is 0. The highest BCUT2D eigenvalue weighted by Gasteiger charge is 2.39. The first-order valence-electron chi connectivity index (χ1n) is 8.08. The van der Waals surface area contributed by atoms with Crippen molar-refractivity contribution in [1.82, 2.24) is 9.38 Å². The highest BCUT2D eigenvalue weighted by Crippen LogP contribution is 2.35. The number of fused-ring (bicyclic) bond motifs is 2. The number of hydrogen-bond donors (Lipinski definition) is 1. The normalized spacial score (nSPS) is 18.9. The number of primary amides is 1. The molecular formula is C19H17N3O3. The van der Waals surface area contributed by atoms with Crippen LogP contribution in [0.25, 0.3) is 5.65 Å². The van der Waals surface area contributed by atoms with Crippen LogP contribution in [0.15, 0.2) is 48.7 Å². The van der Waals surface area contributed by atoms with Crippen LogP contribution in [-0.2, 0) is 16.0 Å². The monoisotopic (exact) mass is 335 g/mol. The van der Waals surface area contributed by atoms with E-state index in [1.54, 1.807) is 17.5 Å². The summed E-state index contributed by atoms with van der Waals surface area (Å²) in [6.45, 7) is 1.76. The van der Waals surface area contributed by atoms with E-state index in [2.05, 4.69) is 4.98 Å². The van der Waals surface area contributed by atoms with Crippen molar-refractivity contribution in [3.63, 3.8) is 0 Å². The Bertz CT molecular complexity index is 992. The Balaban J connectivity index is 1.67. The van der Waals surface area contributed by atoms with Crippen LogP contribution in [0.1, 0.15) is 33.2 Å². The molecule has 2 atom stereocenters. The molecular weight excluding hydrogens is 318 g/mol. The van der Waals surface area contributed by atoms with E-state index in [0.717, 1.165) is 11.1 Å². The number of rotatable bonds is 3. The zero-order valence-electron chi connectivity index (χ0n) is 13.7. The van der Waals surface area contributed by atoms with Gasteiger partial charge >= 0.3 is 5.97 Å². The van der Waals surface area contributed by atoms with Gasteiger partial charge in [-0.15, -0.1) is 0 Å². The smallest absolute Gasteiger partial charge is 0.357 e. The molecule has 126 valence electrons. The van der Waals surface area contributed by atoms with Crippen LogP contribution in [0.3, 0.4) is 0 Å². The minimum Gasteiger partial charge on any atom is -0.456 e. The van der Waals surface area contributed by atoms with Gasteiger partial charge in [0.05, 0.1) is 5.69 Å². The molecule has 2 aromatic heterocycles. The van der Waals surface area contributed by atoms with Crippen molar-refractivity contribution in [2.45, 2.75) is 25.4 Å². The van der Waals surface area contributed by atoms with Gasteiger partial charge in [-0.25, -0.2) is 9.78 Å². The molecule has 1 aliphatic rings. The third-order valence-corrected chi connectivity index (χ3v) is 4.65. The maximum atomic E-state index is 12.8. The molecule has 2 heterocycles. The van der Waals surface area contributed by atoms with Crippen LogP contribution < -0.4 is 5.73 Å². The van der Waals surface area contributed by atoms with E-state index in [1.165, 1.54) is 0 Å². The average Bonchev–Trinajstić information content (AvgIpc) is 3.10. The Labute approximate surface area is 144 Å². The number of amides is 1. The quantitative estimate of drug-likeness (QED) is 0.742. The maximum Gasteiger partial charge on any atom is 0.357 e. The van der Waals surface area contributed by atoms with Crippen molar-refractivity contribution < 1.29 is 14.3 Å². The summed E-state index contributed by atoms with van der Waals surface area (Å²) in [4.78, 5) is 29.1. The van der Waals surface area contributed by atoms with Crippen molar-refractivity contribution in [2.24, 2.45) is 5.73 Å². The Morgan fingerprint density at radius 1 is 1.20 bits per heavy atom. The van der Waals surface area contributed by atoms with Gasteiger partial charge in [0.1, 0.15) is 17.7 Å². The first-order chi connectivity index (χ1) is 12.1. The summed E-state index contributed by atoms with van der Waals surface area (Å²) < 4.78 is 7.39. The number of esters is 1. The predicted octanol–water partition coefficient (Wildman–Crippen LogP) is 1.99. The number of benzene rings is 1. The molecule has 2 unspecified atom stereocenters. The van der Waals surface area contributed by atoms with E-state index in [-0.39, 0.29) is 0 Å². The van der Waals surface area contributed by atoms with Gasteiger partial charge in [0.15, 0.2) is 5.69 Å². The number of imidazole rings is 1. The van der Waals surface area contributed by atoms with Crippen molar-refractivity contribution in [2.75, 3.05) is 0 Å². The molecule has 3 aromatic rings. The molecule has 25 heavy (non-hydrogen) atoms. The highest BCUT2D eigenvalue weighted by molar-refractivity contribution is 5.91. The molecule has 2 N–H and O–H groups in total. The van der Waals surface area contributed by atoms with Crippen LogP contribution in [-0.4, -0.2) is 27.4 Å². The van der Waals surface area contributed by atoms with E-state index in [1.807, 2.05) is 42.5 Å². The summed E-state index contributed by atoms with van der Waals surface area (Å²) in [5, 5.41) is 0. The summed E-state index contributed by atoms with van der Waals surface area (Å²) in [5.41, 5.74) is 9.02. The van der Waals surface area contributed by atoms with Crippen LogP contribution in [0, 0.1) is 6.92 Å². The zero-order valence-corrected chi connectivity index (χ0v) is 13.7. The van der Waals surface area contributed by atoms with Crippen molar-refractivity contribution in [1.29, 1.82) is 0 Å². The van der Waals surface area contributed by atoms with E-state index in [0.29, 0.717) is 23.5 Å². The predicted molar refractivity (Wildman–Crippen MR) is 91.2 cm³/mol. The number of hydrogen-bond acceptors (Lipinski definition) is 4. The number of aryl methyl sites for hydroxylation is 1. The SMILES string of the molecule is Cc1nc2ccccn2c1C(=O)OC1Cc2ccccc2C1C(N)=O. The molecule has 0 aliphatic heterocycles. The number of aromatic nitrogens is 2. The average molecular weight is 335 g/mol. The van der Waals surface area contributed by atoms with Gasteiger partial charge in [0, 0.05) is 12.6 Å². The number of carbonyl (C=O) groups excluding carboxylic acids is 2. The summed E-state index contributed by atoms with van der Waals surface area (Å²) in [5.74, 6) is -1.61. The van der Waals surface area contributed by atoms with Crippen LogP contribution >= 0.6 is 0 Å². The lowest BCUT2D eigenvalue weighted by molar-refractivity contribution is -0.121. The first kappa shape index (κ1) is 15.4. The summed E-state index contributed by atoms with van der Waals surface area (Å²) in [6, 6.07) is 13.0. The van der Waals surface area contributed by atoms with Gasteiger partial charge in [-0.1, -0.05) is 30.3 Å². The fourth-order valence-corrected chi connectivity index (χ4v) is 3.56. The summed E-state index contributed by atoms with van der Waals surface area (Å²) in [6.07, 6.45) is 1.64. The molecule has 0 saturated heterocycles. The Morgan fingerprint density at radius 2 is 1.96 bits per heavy atom. The molecule has 0 saturated carbocycles. The molecule has 0 radical (unpaired) electrons. The van der Waals surface area contributed by atoms with Crippen LogP contribution in [0.4, 0.5) is 0 Å². The van der Waals surface area contributed by atoms with Gasteiger partial charge in [-0.3, -0.25) is 9.20 Å². The maximum absolute atomic E-state index is 12.8. The molecule has 0 bridgehead atoms. The molecule has 0 fully saturated rings. The highest BCUT2D eigenvalue weighted by atomic mass is 16.5. The topological polar surface area (TPSA) is 86.7 Å². The largest absolute Gasteiger partial charge is 0.456 e. The summed E-state index contributed by atoms with van der Waals surface area (Å²) in [7, 11) is 0. The van der Waals surface area contributed by atoms with Crippen LogP contribution in [0.5, 0.6) is 0 Å². The van der Waals surface area contributed by atoms with Gasteiger partial charge in [-0.05, 0) is 30.2 Å². The lowest BCUT2D eigenvalue weighted by Gasteiger charge is -2.18. The van der Waals surface area contributed by atoms with Crippen molar-refractivity contribution in [3.8, 4) is 0 Å². The van der Waals surface area contributed by atoms with Crippen molar-refractivity contribution >= 4 is 17.5 Å². The van der Waals surface area contributed by atoms with Gasteiger partial charge in [-0.2, -0.15) is 0 Å². The lowest BCUT2D eigenvalue weighted by atomic mass is 9.99. The van der Waals surface area contributed by atoms with Crippen LogP contribution in [0.2, 0.25) is 0 Å². The number of nitrogens with two attached hydrogens (primary N) is 1. The fourth-order valence-electron chi connectivity index (χ4n) is 3.56. The van der Waals surface area contributed by atoms with Gasteiger partial charge in [0.25, 0.3) is 0 Å². The molecule has 1 aliphatic carbocycles. The lowest BCUT2D eigenvalue weighted by Crippen LogP contribution is -2.32. The second-order valence-electron chi connectivity index (χ2n) is 6.20. The molecule has 6 heteroatoms. The van der Waals surface area contributed by atoms with Gasteiger partial charge in [0.2, 0.25) is 5.91 Å². The van der Waals surface area contributed by atoms with Crippen molar-refractivity contribution in [3.05, 3.63) is 71.2 Å². The Morgan fingerprint density at radius 3 is 2.76 bits per heavy atom. The van der Waals surface area contributed by atoms with Gasteiger partial charge < -0.3 is 10.5 Å². The number of ether oxygens (including phenoxy) is 1. The molecule has 1 amide bonds.